The Morgan fingerprint density at radius 3 is 2.79 bits per heavy atom. The number of benzene rings is 2. The monoisotopic (exact) mass is 313 g/mol. The molecule has 19 heavy (non-hydrogen) atoms. The van der Waals surface area contributed by atoms with Crippen LogP contribution in [-0.4, -0.2) is 4.98 Å². The number of hydrogen-bond acceptors (Lipinski definition) is 2. The second kappa shape index (κ2) is 5.02. The minimum absolute atomic E-state index is 0.652. The van der Waals surface area contributed by atoms with Gasteiger partial charge in [-0.1, -0.05) is 40.2 Å². The highest BCUT2D eigenvalue weighted by Crippen LogP contribution is 2.31. The predicted molar refractivity (Wildman–Crippen MR) is 81.0 cm³/mol. The third kappa shape index (κ3) is 2.22. The Kier molecular flexibility index (Phi) is 3.22. The molecule has 0 aliphatic heterocycles. The van der Waals surface area contributed by atoms with E-state index in [0.717, 1.165) is 33.1 Å². The van der Waals surface area contributed by atoms with Gasteiger partial charge in [0.25, 0.3) is 0 Å². The number of allylic oxidation sites excluding steroid dienone is 1. The fourth-order valence-corrected chi connectivity index (χ4v) is 2.63. The smallest absolute Gasteiger partial charge is 0.227 e. The molecule has 0 amide bonds. The van der Waals surface area contributed by atoms with E-state index in [1.807, 2.05) is 48.5 Å². The molecule has 0 spiro atoms. The second-order valence-electron chi connectivity index (χ2n) is 4.25. The maximum atomic E-state index is 5.83. The molecule has 0 N–H and O–H groups in total. The first-order valence-corrected chi connectivity index (χ1v) is 6.83. The maximum Gasteiger partial charge on any atom is 0.227 e. The molecule has 3 aromatic rings. The molecule has 2 aromatic carbocycles. The quantitative estimate of drug-likeness (QED) is 0.637. The van der Waals surface area contributed by atoms with E-state index in [9.17, 15) is 0 Å². The van der Waals surface area contributed by atoms with Crippen LogP contribution >= 0.6 is 15.9 Å². The van der Waals surface area contributed by atoms with Crippen LogP contribution in [0.1, 0.15) is 5.56 Å². The average Bonchev–Trinajstić information content (AvgIpc) is 2.85. The van der Waals surface area contributed by atoms with Crippen LogP contribution in [-0.2, 0) is 6.42 Å². The van der Waals surface area contributed by atoms with Crippen molar-refractivity contribution in [1.82, 2.24) is 4.98 Å². The molecule has 0 radical (unpaired) electrons. The zero-order valence-corrected chi connectivity index (χ0v) is 11.9. The molecule has 0 saturated carbocycles. The molecule has 0 bridgehead atoms. The summed E-state index contributed by atoms with van der Waals surface area (Å²) in [6, 6.07) is 13.8. The SMILES string of the molecule is C=CCc1c(Br)cccc1-c1nc2ccccc2o1. The lowest BCUT2D eigenvalue weighted by atomic mass is 10.0. The number of rotatable bonds is 3. The lowest BCUT2D eigenvalue weighted by Gasteiger charge is -2.06. The number of fused-ring (bicyclic) bond motifs is 1. The van der Waals surface area contributed by atoms with Crippen molar-refractivity contribution in [2.75, 3.05) is 0 Å². The van der Waals surface area contributed by atoms with Crippen molar-refractivity contribution in [3.05, 3.63) is 65.2 Å². The van der Waals surface area contributed by atoms with Crippen molar-refractivity contribution in [2.24, 2.45) is 0 Å². The molecule has 0 saturated heterocycles. The van der Waals surface area contributed by atoms with Gasteiger partial charge in [-0.15, -0.1) is 6.58 Å². The summed E-state index contributed by atoms with van der Waals surface area (Å²) in [4.78, 5) is 4.55. The summed E-state index contributed by atoms with van der Waals surface area (Å²) in [6.45, 7) is 3.80. The van der Waals surface area contributed by atoms with Gasteiger partial charge in [0, 0.05) is 10.0 Å². The van der Waals surface area contributed by atoms with Gasteiger partial charge in [-0.2, -0.15) is 0 Å². The maximum absolute atomic E-state index is 5.83. The zero-order valence-electron chi connectivity index (χ0n) is 10.3. The average molecular weight is 314 g/mol. The Bertz CT molecular complexity index is 712. The van der Waals surface area contributed by atoms with E-state index < -0.39 is 0 Å². The Hall–Kier alpha value is -1.87. The Labute approximate surface area is 119 Å². The number of oxazole rings is 1. The van der Waals surface area contributed by atoms with Crippen molar-refractivity contribution in [1.29, 1.82) is 0 Å². The van der Waals surface area contributed by atoms with Gasteiger partial charge in [-0.05, 0) is 36.2 Å². The van der Waals surface area contributed by atoms with Gasteiger partial charge in [-0.25, -0.2) is 4.98 Å². The molecule has 3 heteroatoms. The Morgan fingerprint density at radius 2 is 2.00 bits per heavy atom. The van der Waals surface area contributed by atoms with Crippen molar-refractivity contribution in [3.8, 4) is 11.5 Å². The van der Waals surface area contributed by atoms with Crippen LogP contribution in [0.4, 0.5) is 0 Å². The summed E-state index contributed by atoms with van der Waals surface area (Å²) in [5.41, 5.74) is 3.83. The van der Waals surface area contributed by atoms with Crippen molar-refractivity contribution in [2.45, 2.75) is 6.42 Å². The van der Waals surface area contributed by atoms with Gasteiger partial charge < -0.3 is 4.42 Å². The minimum atomic E-state index is 0.652. The van der Waals surface area contributed by atoms with Crippen LogP contribution in [0.5, 0.6) is 0 Å². The van der Waals surface area contributed by atoms with E-state index in [1.54, 1.807) is 0 Å². The molecule has 1 aromatic heterocycles. The van der Waals surface area contributed by atoms with Crippen LogP contribution in [0.15, 0.2) is 64.0 Å². The number of nitrogens with zero attached hydrogens (tertiary/aromatic N) is 1. The first kappa shape index (κ1) is 12.2. The van der Waals surface area contributed by atoms with Gasteiger partial charge in [0.1, 0.15) is 5.52 Å². The first-order valence-electron chi connectivity index (χ1n) is 6.04. The number of aromatic nitrogens is 1. The number of hydrogen-bond donors (Lipinski definition) is 0. The minimum Gasteiger partial charge on any atom is -0.436 e. The lowest BCUT2D eigenvalue weighted by Crippen LogP contribution is -1.89. The topological polar surface area (TPSA) is 26.0 Å². The molecule has 0 unspecified atom stereocenters. The van der Waals surface area contributed by atoms with Gasteiger partial charge in [0.05, 0.1) is 0 Å². The summed E-state index contributed by atoms with van der Waals surface area (Å²) in [7, 11) is 0. The summed E-state index contributed by atoms with van der Waals surface area (Å²) in [6.07, 6.45) is 2.65. The fraction of sp³-hybridized carbons (Fsp3) is 0.0625. The predicted octanol–water partition coefficient (Wildman–Crippen LogP) is 4.99. The summed E-state index contributed by atoms with van der Waals surface area (Å²) >= 11 is 3.57. The van der Waals surface area contributed by atoms with E-state index in [-0.39, 0.29) is 0 Å². The van der Waals surface area contributed by atoms with Crippen molar-refractivity contribution >= 4 is 27.0 Å². The van der Waals surface area contributed by atoms with Crippen LogP contribution in [0.3, 0.4) is 0 Å². The Morgan fingerprint density at radius 1 is 1.16 bits per heavy atom. The van der Waals surface area contributed by atoms with Gasteiger partial charge in [0.15, 0.2) is 5.58 Å². The van der Waals surface area contributed by atoms with Gasteiger partial charge in [-0.3, -0.25) is 0 Å². The molecule has 0 aliphatic carbocycles. The molecule has 0 fully saturated rings. The van der Waals surface area contributed by atoms with E-state index in [0.29, 0.717) is 5.89 Å². The van der Waals surface area contributed by atoms with Gasteiger partial charge in [0.2, 0.25) is 5.89 Å². The van der Waals surface area contributed by atoms with Crippen LogP contribution in [0.25, 0.3) is 22.6 Å². The standard InChI is InChI=1S/C16H12BrNO/c1-2-6-11-12(7-5-8-13(11)17)16-18-14-9-3-4-10-15(14)19-16/h2-5,7-10H,1,6H2. The van der Waals surface area contributed by atoms with E-state index >= 15 is 0 Å². The summed E-state index contributed by atoms with van der Waals surface area (Å²) in [5.74, 6) is 0.652. The first-order chi connectivity index (χ1) is 9.29. The highest BCUT2D eigenvalue weighted by molar-refractivity contribution is 9.10. The number of halogens is 1. The normalized spacial score (nSPS) is 10.8. The van der Waals surface area contributed by atoms with Crippen LogP contribution < -0.4 is 0 Å². The van der Waals surface area contributed by atoms with Crippen LogP contribution in [0.2, 0.25) is 0 Å². The zero-order chi connectivity index (χ0) is 13.2. The second-order valence-corrected chi connectivity index (χ2v) is 5.10. The van der Waals surface area contributed by atoms with Crippen LogP contribution in [0, 0.1) is 0 Å². The third-order valence-corrected chi connectivity index (χ3v) is 3.73. The van der Waals surface area contributed by atoms with Gasteiger partial charge >= 0.3 is 0 Å². The van der Waals surface area contributed by atoms with E-state index in [2.05, 4.69) is 27.5 Å². The van der Waals surface area contributed by atoms with E-state index in [4.69, 9.17) is 4.42 Å². The summed E-state index contributed by atoms with van der Waals surface area (Å²) < 4.78 is 6.88. The molecule has 3 rings (SSSR count). The largest absolute Gasteiger partial charge is 0.436 e. The molecular formula is C16H12BrNO. The van der Waals surface area contributed by atoms with E-state index in [1.165, 1.54) is 0 Å². The fourth-order valence-electron chi connectivity index (χ4n) is 2.10. The van der Waals surface area contributed by atoms with Crippen molar-refractivity contribution < 1.29 is 4.42 Å². The molecule has 94 valence electrons. The highest BCUT2D eigenvalue weighted by Gasteiger charge is 2.13. The molecule has 1 heterocycles. The molecular weight excluding hydrogens is 302 g/mol. The third-order valence-electron chi connectivity index (χ3n) is 2.99. The lowest BCUT2D eigenvalue weighted by molar-refractivity contribution is 0.619. The molecule has 0 atom stereocenters. The summed E-state index contributed by atoms with van der Waals surface area (Å²) in [5, 5.41) is 0. The molecule has 2 nitrogen and oxygen atoms in total. The van der Waals surface area contributed by atoms with Crippen molar-refractivity contribution in [3.63, 3.8) is 0 Å². The number of para-hydroxylation sites is 2. The highest BCUT2D eigenvalue weighted by atomic mass is 79.9. The Balaban J connectivity index is 2.20. The molecule has 0 aliphatic rings.